The molecule has 1 aliphatic heterocycles. The second-order valence-electron chi connectivity index (χ2n) is 16.8. The lowest BCUT2D eigenvalue weighted by atomic mass is 10.0. The molecule has 1 aliphatic rings. The molecule has 334 valence electrons. The van der Waals surface area contributed by atoms with E-state index in [1.807, 2.05) is 49.5 Å². The van der Waals surface area contributed by atoms with Crippen molar-refractivity contribution < 1.29 is 9.59 Å². The van der Waals surface area contributed by atoms with Crippen molar-refractivity contribution in [1.82, 2.24) is 49.3 Å². The van der Waals surface area contributed by atoms with E-state index >= 15 is 0 Å². The van der Waals surface area contributed by atoms with Crippen molar-refractivity contribution in [2.45, 2.75) is 25.8 Å². The van der Waals surface area contributed by atoms with Gasteiger partial charge in [-0.25, -0.2) is 0 Å². The molecule has 11 rings (SSSR count). The van der Waals surface area contributed by atoms with Gasteiger partial charge >= 0.3 is 0 Å². The van der Waals surface area contributed by atoms with Crippen LogP contribution in [0.25, 0.3) is 66.1 Å². The van der Waals surface area contributed by atoms with E-state index in [4.69, 9.17) is 0 Å². The van der Waals surface area contributed by atoms with Crippen LogP contribution in [0, 0.1) is 11.3 Å². The Morgan fingerprint density at radius 1 is 0.632 bits per heavy atom. The van der Waals surface area contributed by atoms with Crippen molar-refractivity contribution in [2.24, 2.45) is 14.1 Å². The molecule has 68 heavy (non-hydrogen) atoms. The van der Waals surface area contributed by atoms with E-state index in [9.17, 15) is 14.9 Å². The Morgan fingerprint density at radius 3 is 1.75 bits per heavy atom. The maximum absolute atomic E-state index is 13.3. The summed E-state index contributed by atoms with van der Waals surface area (Å²) in [7, 11) is 4.07. The molecule has 0 spiro atoms. The van der Waals surface area contributed by atoms with Gasteiger partial charge in [-0.15, -0.1) is 0 Å². The van der Waals surface area contributed by atoms with Gasteiger partial charge in [-0.05, 0) is 95.4 Å². The van der Waals surface area contributed by atoms with Crippen LogP contribution in [0.5, 0.6) is 0 Å². The number of nitriles is 1. The average molecular weight is 896 g/mol. The number of hydrogen-bond acceptors (Lipinski definition) is 11. The summed E-state index contributed by atoms with van der Waals surface area (Å²) in [5.41, 5.74) is 13.4. The number of carbonyl (C=O) groups excluding carboxylic acids is 2. The number of pyridine rings is 2. The monoisotopic (exact) mass is 895 g/mol. The first kappa shape index (κ1) is 42.9. The number of nitrogens with one attached hydrogen (secondary N) is 3. The molecule has 0 unspecified atom stereocenters. The van der Waals surface area contributed by atoms with E-state index in [0.717, 1.165) is 79.6 Å². The highest BCUT2D eigenvalue weighted by molar-refractivity contribution is 6.02. The maximum Gasteiger partial charge on any atom is 0.253 e. The van der Waals surface area contributed by atoms with Gasteiger partial charge in [-0.2, -0.15) is 5.26 Å². The molecule has 0 saturated carbocycles. The second-order valence-corrected chi connectivity index (χ2v) is 16.8. The van der Waals surface area contributed by atoms with Crippen molar-refractivity contribution in [3.8, 4) is 28.3 Å². The SMILES string of the molecule is CC(=O)N1CCC(NC(=O)c2ccncc2Nc2cc(-c3ccc4ccn(C)c4c3)c3nccnc3c2)CC1.Cn1ccc2ccc(-c3cc(Nc4ccncc4C#N)cc4nccnc34)cc21. The Kier molecular flexibility index (Phi) is 11.6. The molecule has 10 aromatic rings. The fraction of sp³-hybridized carbons (Fsp3) is 0.151. The zero-order valence-corrected chi connectivity index (χ0v) is 37.6. The van der Waals surface area contributed by atoms with Gasteiger partial charge in [0.05, 0.1) is 50.8 Å². The standard InChI is InChI=1S/C30H29N7O2.C23H16N6/c1-19(38)37-13-7-22(8-14-37)35-30(39)24-5-9-31-18-27(24)34-23-16-25(29-26(17-23)32-10-11-33-29)21-4-3-20-6-12-36(2)28(20)15-21;1-29-9-5-15-2-3-16(10-22(15)29)19-11-18(12-21-23(19)27-8-7-26-21)28-20-4-6-25-14-17(20)13-24/h3-6,9-12,15-18,22,34H,7-8,13-14H2,1-2H3,(H,35,39);2-12,14H,1H3,(H,25,28). The van der Waals surface area contributed by atoms with Crippen LogP contribution >= 0.6 is 0 Å². The van der Waals surface area contributed by atoms with Gasteiger partial charge in [0.25, 0.3) is 5.91 Å². The lowest BCUT2D eigenvalue weighted by molar-refractivity contribution is -0.129. The third-order valence-corrected chi connectivity index (χ3v) is 12.4. The molecule has 4 aromatic carbocycles. The number of anilines is 4. The van der Waals surface area contributed by atoms with Crippen LogP contribution in [0.3, 0.4) is 0 Å². The van der Waals surface area contributed by atoms with Gasteiger partial charge in [0.15, 0.2) is 0 Å². The Bertz CT molecular complexity index is 3580. The number of nitrogens with zero attached hydrogens (tertiary/aromatic N) is 10. The zero-order chi connectivity index (χ0) is 46.7. The number of likely N-dealkylation sites (tertiary alicyclic amines) is 1. The quantitative estimate of drug-likeness (QED) is 0.132. The summed E-state index contributed by atoms with van der Waals surface area (Å²) < 4.78 is 4.20. The summed E-state index contributed by atoms with van der Waals surface area (Å²) in [5.74, 6) is -0.0976. The lowest BCUT2D eigenvalue weighted by Gasteiger charge is -2.31. The molecule has 3 N–H and O–H groups in total. The predicted octanol–water partition coefficient (Wildman–Crippen LogP) is 9.47. The third kappa shape index (κ3) is 8.73. The molecular weight excluding hydrogens is 851 g/mol. The fourth-order valence-electron chi connectivity index (χ4n) is 8.79. The van der Waals surface area contributed by atoms with E-state index in [-0.39, 0.29) is 17.9 Å². The summed E-state index contributed by atoms with van der Waals surface area (Å²) >= 11 is 0. The number of piperidine rings is 1. The summed E-state index contributed by atoms with van der Waals surface area (Å²) in [4.78, 5) is 53.3. The smallest absolute Gasteiger partial charge is 0.253 e. The summed E-state index contributed by atoms with van der Waals surface area (Å²) in [6, 6.07) is 30.6. The largest absolute Gasteiger partial charge is 0.354 e. The molecule has 6 aromatic heterocycles. The molecule has 1 saturated heterocycles. The van der Waals surface area contributed by atoms with Crippen LogP contribution in [0.15, 0.2) is 147 Å². The van der Waals surface area contributed by atoms with Crippen molar-refractivity contribution in [1.29, 1.82) is 5.26 Å². The fourth-order valence-corrected chi connectivity index (χ4v) is 8.79. The minimum atomic E-state index is -0.170. The van der Waals surface area contributed by atoms with E-state index < -0.39 is 0 Å². The van der Waals surface area contributed by atoms with E-state index in [0.29, 0.717) is 35.6 Å². The predicted molar refractivity (Wildman–Crippen MR) is 265 cm³/mol. The number of rotatable bonds is 8. The number of aryl methyl sites for hydroxylation is 2. The van der Waals surface area contributed by atoms with Crippen molar-refractivity contribution in [2.75, 3.05) is 23.7 Å². The minimum absolute atomic E-state index is 0.0177. The molecule has 0 radical (unpaired) electrons. The van der Waals surface area contributed by atoms with Gasteiger partial charge in [0.1, 0.15) is 6.07 Å². The maximum atomic E-state index is 13.3. The van der Waals surface area contributed by atoms with Crippen LogP contribution in [-0.4, -0.2) is 74.9 Å². The minimum Gasteiger partial charge on any atom is -0.354 e. The molecule has 7 heterocycles. The Hall–Kier alpha value is -9.03. The molecule has 15 nitrogen and oxygen atoms in total. The number of carbonyl (C=O) groups is 2. The highest BCUT2D eigenvalue weighted by Crippen LogP contribution is 2.35. The molecule has 0 bridgehead atoms. The highest BCUT2D eigenvalue weighted by atomic mass is 16.2. The Labute approximate surface area is 391 Å². The number of hydrogen-bond donors (Lipinski definition) is 3. The van der Waals surface area contributed by atoms with Gasteiger partial charge < -0.3 is 30.0 Å². The van der Waals surface area contributed by atoms with Crippen LogP contribution in [0.4, 0.5) is 22.7 Å². The molecule has 2 amide bonds. The summed E-state index contributed by atoms with van der Waals surface area (Å²) in [6.45, 7) is 2.88. The first-order chi connectivity index (χ1) is 33.2. The average Bonchev–Trinajstić information content (AvgIpc) is 3.94. The molecule has 0 aliphatic carbocycles. The van der Waals surface area contributed by atoms with E-state index in [1.54, 1.807) is 68.6 Å². The van der Waals surface area contributed by atoms with Crippen LogP contribution in [0.2, 0.25) is 0 Å². The number of aromatic nitrogens is 8. The summed E-state index contributed by atoms with van der Waals surface area (Å²) in [5, 5.41) is 21.6. The first-order valence-electron chi connectivity index (χ1n) is 22.2. The van der Waals surface area contributed by atoms with Crippen LogP contribution < -0.4 is 16.0 Å². The van der Waals surface area contributed by atoms with Gasteiger partial charge in [0, 0.05) is 129 Å². The second kappa shape index (κ2) is 18.5. The topological polar surface area (TPSA) is 184 Å². The molecular formula is C53H45N13O2. The highest BCUT2D eigenvalue weighted by Gasteiger charge is 2.24. The zero-order valence-electron chi connectivity index (χ0n) is 37.6. The van der Waals surface area contributed by atoms with Gasteiger partial charge in [0.2, 0.25) is 5.91 Å². The molecule has 0 atom stereocenters. The molecule has 1 fully saturated rings. The number of fused-ring (bicyclic) bond motifs is 4. The lowest BCUT2D eigenvalue weighted by Crippen LogP contribution is -2.46. The van der Waals surface area contributed by atoms with Gasteiger partial charge in [-0.3, -0.25) is 39.5 Å². The number of benzene rings is 4. The third-order valence-electron chi connectivity index (χ3n) is 12.4. The number of amides is 2. The normalized spacial score (nSPS) is 12.7. The molecule has 15 heteroatoms. The first-order valence-corrected chi connectivity index (χ1v) is 22.2. The van der Waals surface area contributed by atoms with Crippen LogP contribution in [-0.2, 0) is 18.9 Å². The van der Waals surface area contributed by atoms with Crippen molar-refractivity contribution >= 4 is 78.4 Å². The van der Waals surface area contributed by atoms with Crippen molar-refractivity contribution in [3.05, 3.63) is 158 Å². The Balaban J connectivity index is 0.000000165. The Morgan fingerprint density at radius 2 is 1.18 bits per heavy atom. The van der Waals surface area contributed by atoms with Crippen LogP contribution in [0.1, 0.15) is 35.7 Å². The van der Waals surface area contributed by atoms with E-state index in [1.165, 1.54) is 10.8 Å². The van der Waals surface area contributed by atoms with Crippen molar-refractivity contribution in [3.63, 3.8) is 0 Å². The van der Waals surface area contributed by atoms with E-state index in [2.05, 4.69) is 116 Å². The van der Waals surface area contributed by atoms with Gasteiger partial charge in [-0.1, -0.05) is 24.3 Å². The summed E-state index contributed by atoms with van der Waals surface area (Å²) in [6.07, 6.45) is 18.8.